The number of rotatable bonds is 6. The zero-order chi connectivity index (χ0) is 18.4. The van der Waals surface area contributed by atoms with Gasteiger partial charge >= 0.3 is 12.7 Å². The second-order valence-corrected chi connectivity index (χ2v) is 5.22. The van der Waals surface area contributed by atoms with E-state index in [1.54, 1.807) is 42.8 Å². The van der Waals surface area contributed by atoms with Crippen LogP contribution in [0.2, 0.25) is 0 Å². The summed E-state index contributed by atoms with van der Waals surface area (Å²) in [5, 5.41) is 0. The third kappa shape index (κ3) is 3.49. The number of aromatic nitrogens is 1. The van der Waals surface area contributed by atoms with Crippen LogP contribution in [0.15, 0.2) is 24.3 Å². The SMILES string of the molecule is [C-]#[N+]COc1ccc(-c2c([N+]#[C-])c(CC)n(C)c2C(=O)OCC)cc1. The smallest absolute Gasteiger partial charge is 0.357 e. The monoisotopic (exact) mass is 337 g/mol. The van der Waals surface area contributed by atoms with Crippen LogP contribution < -0.4 is 4.74 Å². The Hall–Kier alpha value is -3.25. The summed E-state index contributed by atoms with van der Waals surface area (Å²) in [5.41, 5.74) is 2.94. The molecule has 0 N–H and O–H groups in total. The van der Waals surface area contributed by atoms with Crippen LogP contribution in [0.25, 0.3) is 20.8 Å². The fraction of sp³-hybridized carbons (Fsp3) is 0.316. The topological polar surface area (TPSA) is 49.2 Å². The number of carbonyl (C=O) groups excluding carboxylic acids is 1. The fourth-order valence-electron chi connectivity index (χ4n) is 2.78. The molecule has 0 aliphatic heterocycles. The Morgan fingerprint density at radius 2 is 1.88 bits per heavy atom. The highest BCUT2D eigenvalue weighted by molar-refractivity contribution is 6.01. The number of hydrogen-bond acceptors (Lipinski definition) is 3. The largest absolute Gasteiger partial charge is 0.461 e. The molecule has 25 heavy (non-hydrogen) atoms. The van der Waals surface area contributed by atoms with Crippen LogP contribution in [0.5, 0.6) is 5.75 Å². The molecule has 1 aromatic heterocycles. The lowest BCUT2D eigenvalue weighted by atomic mass is 10.0. The van der Waals surface area contributed by atoms with Crippen molar-refractivity contribution in [2.75, 3.05) is 13.3 Å². The Labute approximate surface area is 147 Å². The maximum Gasteiger partial charge on any atom is 0.357 e. The summed E-state index contributed by atoms with van der Waals surface area (Å²) in [6.45, 7) is 18.2. The van der Waals surface area contributed by atoms with E-state index < -0.39 is 5.97 Å². The van der Waals surface area contributed by atoms with Crippen molar-refractivity contribution in [1.82, 2.24) is 4.57 Å². The molecule has 2 rings (SSSR count). The number of nitrogens with zero attached hydrogens (tertiary/aromatic N) is 3. The predicted octanol–water partition coefficient (Wildman–Crippen LogP) is 4.24. The highest BCUT2D eigenvalue weighted by atomic mass is 16.5. The van der Waals surface area contributed by atoms with Crippen molar-refractivity contribution in [1.29, 1.82) is 0 Å². The van der Waals surface area contributed by atoms with Crippen LogP contribution in [0.4, 0.5) is 5.69 Å². The van der Waals surface area contributed by atoms with Gasteiger partial charge in [-0.3, -0.25) is 4.85 Å². The molecule has 0 bridgehead atoms. The molecule has 0 unspecified atom stereocenters. The van der Waals surface area contributed by atoms with Crippen molar-refractivity contribution in [3.05, 3.63) is 58.5 Å². The lowest BCUT2D eigenvalue weighted by Gasteiger charge is -2.09. The lowest BCUT2D eigenvalue weighted by Crippen LogP contribution is -2.12. The quantitative estimate of drug-likeness (QED) is 0.585. The molecule has 2 aromatic rings. The minimum absolute atomic E-state index is 0.0496. The minimum atomic E-state index is -0.446. The molecule has 6 heteroatoms. The molecule has 128 valence electrons. The van der Waals surface area contributed by atoms with Crippen LogP contribution in [0, 0.1) is 13.1 Å². The summed E-state index contributed by atoms with van der Waals surface area (Å²) in [6.07, 6.45) is 0.632. The molecule has 0 aliphatic carbocycles. The second-order valence-electron chi connectivity index (χ2n) is 5.22. The van der Waals surface area contributed by atoms with Gasteiger partial charge in [0.05, 0.1) is 13.2 Å². The first-order valence-electron chi connectivity index (χ1n) is 7.91. The van der Waals surface area contributed by atoms with Gasteiger partial charge in [-0.05, 0) is 31.0 Å². The number of benzene rings is 1. The summed E-state index contributed by atoms with van der Waals surface area (Å²) >= 11 is 0. The standard InChI is InChI=1S/C19H19N3O3/c1-6-15-17(21-4)16(18(22(15)5)19(23)24-7-2)13-8-10-14(11-9-13)25-12-20-3/h8-11H,6-7,12H2,1-2,5H3. The van der Waals surface area contributed by atoms with Crippen molar-refractivity contribution in [2.24, 2.45) is 7.05 Å². The van der Waals surface area contributed by atoms with Gasteiger partial charge in [0.15, 0.2) is 0 Å². The average molecular weight is 337 g/mol. The van der Waals surface area contributed by atoms with Gasteiger partial charge in [0.2, 0.25) is 5.69 Å². The molecule has 0 amide bonds. The van der Waals surface area contributed by atoms with Gasteiger partial charge in [-0.2, -0.15) is 0 Å². The van der Waals surface area contributed by atoms with Crippen LogP contribution in [-0.2, 0) is 18.2 Å². The highest BCUT2D eigenvalue weighted by Gasteiger charge is 2.26. The van der Waals surface area contributed by atoms with Gasteiger partial charge in [-0.1, -0.05) is 19.1 Å². The van der Waals surface area contributed by atoms with E-state index in [0.717, 1.165) is 11.3 Å². The Balaban J connectivity index is 2.61. The Morgan fingerprint density at radius 3 is 2.40 bits per heavy atom. The van der Waals surface area contributed by atoms with Gasteiger partial charge in [-0.25, -0.2) is 16.2 Å². The average Bonchev–Trinajstić information content (AvgIpc) is 2.92. The first-order valence-corrected chi connectivity index (χ1v) is 7.91. The third-order valence-electron chi connectivity index (χ3n) is 3.84. The van der Waals surface area contributed by atoms with E-state index in [0.29, 0.717) is 29.1 Å². The van der Waals surface area contributed by atoms with E-state index in [9.17, 15) is 4.79 Å². The molecule has 1 aromatic carbocycles. The molecule has 1 heterocycles. The maximum atomic E-state index is 12.5. The molecule has 0 atom stereocenters. The molecule has 0 fully saturated rings. The fourth-order valence-corrected chi connectivity index (χ4v) is 2.78. The zero-order valence-corrected chi connectivity index (χ0v) is 14.5. The van der Waals surface area contributed by atoms with Crippen molar-refractivity contribution in [3.63, 3.8) is 0 Å². The number of carbonyl (C=O) groups is 1. The Morgan fingerprint density at radius 1 is 1.20 bits per heavy atom. The molecule has 0 saturated carbocycles. The second kappa shape index (κ2) is 8.03. The van der Waals surface area contributed by atoms with Gasteiger partial charge in [0.25, 0.3) is 0 Å². The summed E-state index contributed by atoms with van der Waals surface area (Å²) in [6, 6.07) is 7.01. The van der Waals surface area contributed by atoms with Crippen molar-refractivity contribution >= 4 is 11.7 Å². The van der Waals surface area contributed by atoms with E-state index in [4.69, 9.17) is 22.6 Å². The number of esters is 1. The molecular formula is C19H19N3O3. The minimum Gasteiger partial charge on any atom is -0.461 e. The Kier molecular flexibility index (Phi) is 5.81. The van der Waals surface area contributed by atoms with Crippen molar-refractivity contribution < 1.29 is 14.3 Å². The first kappa shape index (κ1) is 18.1. The third-order valence-corrected chi connectivity index (χ3v) is 3.84. The van der Waals surface area contributed by atoms with Crippen molar-refractivity contribution in [3.8, 4) is 16.9 Å². The predicted molar refractivity (Wildman–Crippen MR) is 94.5 cm³/mol. The molecule has 0 saturated heterocycles. The van der Waals surface area contributed by atoms with Gasteiger partial charge in [0, 0.05) is 18.3 Å². The zero-order valence-electron chi connectivity index (χ0n) is 14.5. The molecule has 0 radical (unpaired) electrons. The lowest BCUT2D eigenvalue weighted by molar-refractivity contribution is 0.0516. The highest BCUT2D eigenvalue weighted by Crippen LogP contribution is 2.40. The van der Waals surface area contributed by atoms with E-state index in [1.807, 2.05) is 6.92 Å². The van der Waals surface area contributed by atoms with E-state index in [1.165, 1.54) is 0 Å². The number of hydrogen-bond donors (Lipinski definition) is 0. The van der Waals surface area contributed by atoms with Gasteiger partial charge in [0.1, 0.15) is 11.4 Å². The van der Waals surface area contributed by atoms with Crippen LogP contribution in [-0.4, -0.2) is 23.9 Å². The Bertz CT molecular complexity index is 852. The summed E-state index contributed by atoms with van der Waals surface area (Å²) in [5.74, 6) is 0.117. The summed E-state index contributed by atoms with van der Waals surface area (Å²) in [7, 11) is 1.77. The summed E-state index contributed by atoms with van der Waals surface area (Å²) in [4.78, 5) is 19.3. The van der Waals surface area contributed by atoms with E-state index in [-0.39, 0.29) is 13.3 Å². The normalized spacial score (nSPS) is 9.96. The number of ether oxygens (including phenoxy) is 2. The van der Waals surface area contributed by atoms with Crippen LogP contribution in [0.1, 0.15) is 30.0 Å². The van der Waals surface area contributed by atoms with Crippen molar-refractivity contribution in [2.45, 2.75) is 20.3 Å². The van der Waals surface area contributed by atoms with E-state index >= 15 is 0 Å². The molecular weight excluding hydrogens is 318 g/mol. The van der Waals surface area contributed by atoms with Crippen LogP contribution in [0.3, 0.4) is 0 Å². The van der Waals surface area contributed by atoms with Gasteiger partial charge < -0.3 is 14.0 Å². The molecule has 0 aliphatic rings. The molecule has 6 nitrogen and oxygen atoms in total. The van der Waals surface area contributed by atoms with Crippen LogP contribution >= 0.6 is 0 Å². The maximum absolute atomic E-state index is 12.5. The van der Waals surface area contributed by atoms with Gasteiger partial charge in [-0.15, -0.1) is 0 Å². The first-order chi connectivity index (χ1) is 12.1. The summed E-state index contributed by atoms with van der Waals surface area (Å²) < 4.78 is 12.2. The van der Waals surface area contributed by atoms with E-state index in [2.05, 4.69) is 9.69 Å². The molecule has 0 spiro atoms.